The number of esters is 1. The van der Waals surface area contributed by atoms with Gasteiger partial charge in [-0.2, -0.15) is 0 Å². The van der Waals surface area contributed by atoms with Gasteiger partial charge in [-0.05, 0) is 46.1 Å². The Bertz CT molecular complexity index is 747. The van der Waals surface area contributed by atoms with Crippen LogP contribution in [0.15, 0.2) is 18.2 Å². The maximum atomic E-state index is 12.1. The van der Waals surface area contributed by atoms with Gasteiger partial charge in [0.25, 0.3) is 0 Å². The summed E-state index contributed by atoms with van der Waals surface area (Å²) in [5.74, 6) is -0.345. The van der Waals surface area contributed by atoms with E-state index in [0.29, 0.717) is 23.1 Å². The Labute approximate surface area is 145 Å². The summed E-state index contributed by atoms with van der Waals surface area (Å²) in [5.41, 5.74) is -0.191. The molecule has 1 heterocycles. The summed E-state index contributed by atoms with van der Waals surface area (Å²) in [6, 6.07) is 5.04. The third-order valence-corrected chi connectivity index (χ3v) is 3.53. The van der Waals surface area contributed by atoms with E-state index in [4.69, 9.17) is 21.1 Å². The second kappa shape index (κ2) is 7.68. The number of aromatic nitrogens is 1. The number of hydrogen-bond acceptors (Lipinski definition) is 6. The van der Waals surface area contributed by atoms with Crippen molar-refractivity contribution >= 4 is 28.3 Å². The number of ether oxygens (including phenoxy) is 2. The molecule has 0 fully saturated rings. The average Bonchev–Trinajstić information content (AvgIpc) is 2.49. The predicted octanol–water partition coefficient (Wildman–Crippen LogP) is 3.10. The molecule has 0 aliphatic rings. The second-order valence-electron chi connectivity index (χ2n) is 5.91. The summed E-state index contributed by atoms with van der Waals surface area (Å²) in [7, 11) is 3.74. The van der Waals surface area contributed by atoms with E-state index in [1.54, 1.807) is 18.2 Å². The van der Waals surface area contributed by atoms with E-state index in [-0.39, 0.29) is 29.3 Å². The lowest BCUT2D eigenvalue weighted by molar-refractivity contribution is 0.0472. The highest BCUT2D eigenvalue weighted by atomic mass is 35.5. The number of aromatic hydroxyl groups is 1. The van der Waals surface area contributed by atoms with E-state index in [0.717, 1.165) is 0 Å². The minimum atomic E-state index is -0.708. The molecule has 0 atom stereocenters. The van der Waals surface area contributed by atoms with Crippen LogP contribution in [-0.4, -0.2) is 54.3 Å². The molecule has 6 nitrogen and oxygen atoms in total. The Kier molecular flexibility index (Phi) is 5.85. The summed E-state index contributed by atoms with van der Waals surface area (Å²) in [4.78, 5) is 18.0. The summed E-state index contributed by atoms with van der Waals surface area (Å²) >= 11 is 6.18. The lowest BCUT2D eigenvalue weighted by Crippen LogP contribution is -2.20. The summed E-state index contributed by atoms with van der Waals surface area (Å²) in [5, 5.41) is 11.4. The molecular weight excluding hydrogens is 332 g/mol. The van der Waals surface area contributed by atoms with Crippen LogP contribution in [0.1, 0.15) is 24.3 Å². The van der Waals surface area contributed by atoms with Gasteiger partial charge >= 0.3 is 5.97 Å². The van der Waals surface area contributed by atoms with Gasteiger partial charge in [-0.3, -0.25) is 0 Å². The van der Waals surface area contributed by atoms with E-state index < -0.39 is 5.97 Å². The van der Waals surface area contributed by atoms with Crippen LogP contribution in [0.5, 0.6) is 11.5 Å². The average molecular weight is 353 g/mol. The molecule has 0 saturated heterocycles. The number of hydrogen-bond donors (Lipinski definition) is 1. The van der Waals surface area contributed by atoms with Gasteiger partial charge < -0.3 is 19.5 Å². The van der Waals surface area contributed by atoms with Crippen molar-refractivity contribution in [1.82, 2.24) is 9.88 Å². The molecule has 24 heavy (non-hydrogen) atoms. The molecule has 0 aliphatic carbocycles. The van der Waals surface area contributed by atoms with Gasteiger partial charge in [0.2, 0.25) is 0 Å². The zero-order valence-corrected chi connectivity index (χ0v) is 14.9. The molecule has 0 spiro atoms. The van der Waals surface area contributed by atoms with Crippen LogP contribution in [-0.2, 0) is 4.74 Å². The SMILES string of the molecule is CC(C)Oc1ccc2c(O)c(C(=O)OCCN(C)C)nc(Cl)c2c1. The third kappa shape index (κ3) is 4.27. The molecule has 2 rings (SSSR count). The third-order valence-electron chi connectivity index (χ3n) is 3.24. The fourth-order valence-electron chi connectivity index (χ4n) is 2.12. The van der Waals surface area contributed by atoms with Gasteiger partial charge in [-0.25, -0.2) is 9.78 Å². The van der Waals surface area contributed by atoms with E-state index in [2.05, 4.69) is 4.98 Å². The van der Waals surface area contributed by atoms with E-state index >= 15 is 0 Å². The zero-order chi connectivity index (χ0) is 17.9. The molecule has 2 aromatic rings. The number of benzene rings is 1. The second-order valence-corrected chi connectivity index (χ2v) is 6.27. The van der Waals surface area contributed by atoms with Crippen molar-refractivity contribution in [2.75, 3.05) is 27.2 Å². The molecule has 0 saturated carbocycles. The van der Waals surface area contributed by atoms with Gasteiger partial charge in [-0.15, -0.1) is 0 Å². The number of likely N-dealkylation sites (N-methyl/N-ethyl adjacent to an activating group) is 1. The molecule has 0 amide bonds. The van der Waals surface area contributed by atoms with Crippen LogP contribution in [0.4, 0.5) is 0 Å². The Balaban J connectivity index is 2.33. The van der Waals surface area contributed by atoms with Crippen molar-refractivity contribution in [1.29, 1.82) is 0 Å². The van der Waals surface area contributed by atoms with Gasteiger partial charge in [0, 0.05) is 17.3 Å². The number of fused-ring (bicyclic) bond motifs is 1. The van der Waals surface area contributed by atoms with Crippen LogP contribution in [0.2, 0.25) is 5.15 Å². The van der Waals surface area contributed by atoms with E-state index in [1.807, 2.05) is 32.8 Å². The maximum Gasteiger partial charge on any atom is 0.360 e. The van der Waals surface area contributed by atoms with Crippen molar-refractivity contribution in [2.24, 2.45) is 0 Å². The number of halogens is 1. The molecule has 0 bridgehead atoms. The molecule has 0 radical (unpaired) electrons. The molecule has 0 aliphatic heterocycles. The van der Waals surface area contributed by atoms with Gasteiger partial charge in [-0.1, -0.05) is 11.6 Å². The monoisotopic (exact) mass is 352 g/mol. The van der Waals surface area contributed by atoms with Crippen LogP contribution in [0.3, 0.4) is 0 Å². The van der Waals surface area contributed by atoms with E-state index in [1.165, 1.54) is 0 Å². The number of carbonyl (C=O) groups is 1. The molecule has 0 unspecified atom stereocenters. The topological polar surface area (TPSA) is 71.9 Å². The number of carbonyl (C=O) groups excluding carboxylic acids is 1. The fourth-order valence-corrected chi connectivity index (χ4v) is 2.36. The molecule has 1 aromatic heterocycles. The highest BCUT2D eigenvalue weighted by Gasteiger charge is 2.20. The normalized spacial score (nSPS) is 11.3. The van der Waals surface area contributed by atoms with Crippen molar-refractivity contribution in [3.63, 3.8) is 0 Å². The lowest BCUT2D eigenvalue weighted by atomic mass is 10.1. The van der Waals surface area contributed by atoms with Crippen molar-refractivity contribution < 1.29 is 19.4 Å². The number of rotatable bonds is 6. The first kappa shape index (κ1) is 18.3. The first-order valence-corrected chi connectivity index (χ1v) is 7.98. The molecular formula is C17H21ClN2O4. The maximum absolute atomic E-state index is 12.1. The minimum absolute atomic E-state index is 0.00808. The van der Waals surface area contributed by atoms with Gasteiger partial charge in [0.1, 0.15) is 17.5 Å². The Morgan fingerprint density at radius 3 is 2.67 bits per heavy atom. The summed E-state index contributed by atoms with van der Waals surface area (Å²) < 4.78 is 10.7. The largest absolute Gasteiger partial charge is 0.505 e. The first-order valence-electron chi connectivity index (χ1n) is 7.60. The first-order chi connectivity index (χ1) is 11.3. The molecule has 130 valence electrons. The van der Waals surface area contributed by atoms with E-state index in [9.17, 15) is 9.90 Å². The van der Waals surface area contributed by atoms with Crippen molar-refractivity contribution in [3.05, 3.63) is 29.0 Å². The highest BCUT2D eigenvalue weighted by molar-refractivity contribution is 6.35. The Hall–Kier alpha value is -2.05. The zero-order valence-electron chi connectivity index (χ0n) is 14.2. The molecule has 1 aromatic carbocycles. The number of pyridine rings is 1. The standard InChI is InChI=1S/C17H21ClN2O4/c1-10(2)24-11-5-6-12-13(9-11)16(18)19-14(15(12)21)17(22)23-8-7-20(3)4/h5-6,9-10,21H,7-8H2,1-4H3. The summed E-state index contributed by atoms with van der Waals surface area (Å²) in [6.07, 6.45) is 0.00808. The Morgan fingerprint density at radius 2 is 2.04 bits per heavy atom. The van der Waals surface area contributed by atoms with Crippen LogP contribution < -0.4 is 4.74 Å². The minimum Gasteiger partial charge on any atom is -0.505 e. The molecule has 1 N–H and O–H groups in total. The Morgan fingerprint density at radius 1 is 1.33 bits per heavy atom. The van der Waals surface area contributed by atoms with Crippen LogP contribution in [0.25, 0.3) is 10.8 Å². The fraction of sp³-hybridized carbons (Fsp3) is 0.412. The van der Waals surface area contributed by atoms with Crippen molar-refractivity contribution in [3.8, 4) is 11.5 Å². The smallest absolute Gasteiger partial charge is 0.360 e. The molecule has 7 heteroatoms. The number of nitrogens with zero attached hydrogens (tertiary/aromatic N) is 2. The predicted molar refractivity (Wildman–Crippen MR) is 93.0 cm³/mol. The van der Waals surface area contributed by atoms with Gasteiger partial charge in [0.05, 0.1) is 6.10 Å². The quantitative estimate of drug-likeness (QED) is 0.636. The lowest BCUT2D eigenvalue weighted by Gasteiger charge is -2.13. The van der Waals surface area contributed by atoms with Gasteiger partial charge in [0.15, 0.2) is 11.4 Å². The summed E-state index contributed by atoms with van der Waals surface area (Å²) in [6.45, 7) is 4.59. The van der Waals surface area contributed by atoms with Crippen LogP contribution >= 0.6 is 11.6 Å². The van der Waals surface area contributed by atoms with Crippen LogP contribution in [0, 0.1) is 0 Å². The van der Waals surface area contributed by atoms with Crippen molar-refractivity contribution in [2.45, 2.75) is 20.0 Å². The highest BCUT2D eigenvalue weighted by Crippen LogP contribution is 2.34.